The fraction of sp³-hybridized carbons (Fsp3) is 0.0714. The Labute approximate surface area is 206 Å². The number of methoxy groups -OCH3 is 1. The van der Waals surface area contributed by atoms with E-state index in [0.717, 1.165) is 32.7 Å². The summed E-state index contributed by atoms with van der Waals surface area (Å²) < 4.78 is 32.6. The van der Waals surface area contributed by atoms with Crippen LogP contribution in [-0.2, 0) is 9.30 Å². The number of rotatable bonds is 4. The number of hydrogen-bond acceptors (Lipinski definition) is 6. The summed E-state index contributed by atoms with van der Waals surface area (Å²) in [6.07, 6.45) is 0. The quantitative estimate of drug-likeness (QED) is 0.143. The van der Waals surface area contributed by atoms with Gasteiger partial charge in [-0.3, -0.25) is 10.1 Å². The summed E-state index contributed by atoms with van der Waals surface area (Å²) in [5, 5.41) is 15.0. The molecule has 1 unspecified atom stereocenters. The third kappa shape index (κ3) is 3.52. The first kappa shape index (κ1) is 22.3. The lowest BCUT2D eigenvalue weighted by Crippen LogP contribution is -2.12. The highest BCUT2D eigenvalue weighted by atomic mass is 31.2. The smallest absolute Gasteiger partial charge is 0.413 e. The summed E-state index contributed by atoms with van der Waals surface area (Å²) >= 11 is 0. The Morgan fingerprint density at radius 3 is 1.72 bits per heavy atom. The molecule has 0 aromatic heterocycles. The molecule has 0 bridgehead atoms. The van der Waals surface area contributed by atoms with Crippen molar-refractivity contribution in [3.05, 3.63) is 113 Å². The van der Waals surface area contributed by atoms with E-state index in [4.69, 9.17) is 13.8 Å². The molecule has 1 aliphatic heterocycles. The van der Waals surface area contributed by atoms with Crippen molar-refractivity contribution >= 4 is 34.8 Å². The second-order valence-electron chi connectivity index (χ2n) is 8.48. The van der Waals surface area contributed by atoms with Crippen molar-refractivity contribution in [3.8, 4) is 22.6 Å². The van der Waals surface area contributed by atoms with Crippen molar-refractivity contribution in [1.29, 1.82) is 0 Å². The van der Waals surface area contributed by atoms with E-state index in [1.165, 1.54) is 31.4 Å². The third-order valence-corrected chi connectivity index (χ3v) is 8.37. The van der Waals surface area contributed by atoms with Gasteiger partial charge in [-0.05, 0) is 51.4 Å². The van der Waals surface area contributed by atoms with Crippen LogP contribution in [0.25, 0.3) is 32.7 Å². The van der Waals surface area contributed by atoms with Crippen LogP contribution in [0.5, 0.6) is 11.5 Å². The highest BCUT2D eigenvalue weighted by Crippen LogP contribution is 2.65. The molecule has 36 heavy (non-hydrogen) atoms. The number of fused-ring (bicyclic) bond motifs is 7. The fourth-order valence-corrected chi connectivity index (χ4v) is 6.64. The van der Waals surface area contributed by atoms with E-state index in [9.17, 15) is 14.7 Å². The van der Waals surface area contributed by atoms with E-state index >= 15 is 0 Å². The third-order valence-electron chi connectivity index (χ3n) is 6.38. The summed E-state index contributed by atoms with van der Waals surface area (Å²) in [6.45, 7) is 0. The van der Waals surface area contributed by atoms with Crippen LogP contribution in [0.4, 0.5) is 5.69 Å². The van der Waals surface area contributed by atoms with Crippen molar-refractivity contribution in [2.24, 2.45) is 0 Å². The first-order valence-corrected chi connectivity index (χ1v) is 12.9. The van der Waals surface area contributed by atoms with Gasteiger partial charge in [0.1, 0.15) is 11.5 Å². The van der Waals surface area contributed by atoms with Gasteiger partial charge in [-0.15, -0.1) is 0 Å². The predicted octanol–water partition coefficient (Wildman–Crippen LogP) is 7.88. The van der Waals surface area contributed by atoms with Gasteiger partial charge in [0.05, 0.1) is 4.92 Å². The Bertz CT molecular complexity index is 1610. The Balaban J connectivity index is 1.61. The molecule has 7 nitrogen and oxygen atoms in total. The lowest BCUT2D eigenvalue weighted by molar-refractivity contribution is -0.384. The highest BCUT2D eigenvalue weighted by molar-refractivity contribution is 7.55. The maximum atomic E-state index is 14.5. The first-order valence-electron chi connectivity index (χ1n) is 11.3. The van der Waals surface area contributed by atoms with E-state index in [2.05, 4.69) is 0 Å². The van der Waals surface area contributed by atoms with Crippen molar-refractivity contribution in [3.63, 3.8) is 0 Å². The molecule has 0 fully saturated rings. The van der Waals surface area contributed by atoms with E-state index < -0.39 is 18.4 Å². The molecule has 0 saturated heterocycles. The van der Waals surface area contributed by atoms with Crippen LogP contribution in [-0.4, -0.2) is 12.0 Å². The average Bonchev–Trinajstić information content (AvgIpc) is 3.03. The molecule has 0 aliphatic carbocycles. The maximum absolute atomic E-state index is 14.5. The normalized spacial score (nSPS) is 14.7. The second-order valence-corrected chi connectivity index (χ2v) is 10.4. The van der Waals surface area contributed by atoms with Gasteiger partial charge in [-0.1, -0.05) is 60.7 Å². The molecule has 5 aromatic rings. The molecule has 8 heteroatoms. The minimum atomic E-state index is -4.04. The summed E-state index contributed by atoms with van der Waals surface area (Å²) in [6, 6.07) is 29.0. The zero-order valence-electron chi connectivity index (χ0n) is 19.2. The van der Waals surface area contributed by atoms with Gasteiger partial charge < -0.3 is 13.8 Å². The molecule has 1 heterocycles. The van der Waals surface area contributed by atoms with Crippen molar-refractivity contribution < 1.29 is 23.3 Å². The van der Waals surface area contributed by atoms with Gasteiger partial charge in [0, 0.05) is 30.4 Å². The van der Waals surface area contributed by atoms with Gasteiger partial charge in [-0.25, -0.2) is 4.57 Å². The zero-order chi connectivity index (χ0) is 24.9. The van der Waals surface area contributed by atoms with Crippen LogP contribution in [0.1, 0.15) is 11.4 Å². The van der Waals surface area contributed by atoms with Gasteiger partial charge >= 0.3 is 7.60 Å². The van der Waals surface area contributed by atoms with Crippen LogP contribution < -0.4 is 9.05 Å². The molecule has 6 rings (SSSR count). The standard InChI is InChI=1S/C28H20NO6P/c1-33-28(20-10-14-21(15-11-20)29(30)31)36(32)34-24-16-12-18-6-2-4-8-22(18)26(24)27-23-9-5-3-7-19(23)13-17-25(27)35-36/h2-17,28H,1H3. The van der Waals surface area contributed by atoms with Crippen molar-refractivity contribution in [2.75, 3.05) is 7.11 Å². The lowest BCUT2D eigenvalue weighted by Gasteiger charge is -2.25. The number of non-ortho nitro benzene ring substituents is 1. The number of ether oxygens (including phenoxy) is 1. The molecule has 0 radical (unpaired) electrons. The number of nitrogens with zero attached hydrogens (tertiary/aromatic N) is 1. The Hall–Kier alpha value is -4.19. The van der Waals surface area contributed by atoms with E-state index in [-0.39, 0.29) is 5.69 Å². The first-order chi connectivity index (χ1) is 17.5. The summed E-state index contributed by atoms with van der Waals surface area (Å²) in [5.41, 5.74) is 1.94. The Morgan fingerprint density at radius 1 is 0.750 bits per heavy atom. The predicted molar refractivity (Wildman–Crippen MR) is 139 cm³/mol. The van der Waals surface area contributed by atoms with E-state index in [1.807, 2.05) is 60.7 Å². The maximum Gasteiger partial charge on any atom is 0.463 e. The minimum Gasteiger partial charge on any atom is -0.413 e. The monoisotopic (exact) mass is 497 g/mol. The SMILES string of the molecule is COC(c1ccc([N+](=O)[O-])cc1)P1(=O)Oc2ccc3ccccc3c2-c2c(ccc3ccccc23)O1. The largest absolute Gasteiger partial charge is 0.463 e. The van der Waals surface area contributed by atoms with Crippen LogP contribution in [0.15, 0.2) is 97.1 Å². The Kier molecular flexibility index (Phi) is 5.25. The summed E-state index contributed by atoms with van der Waals surface area (Å²) in [7, 11) is -2.63. The fourth-order valence-electron chi connectivity index (χ4n) is 4.77. The summed E-state index contributed by atoms with van der Waals surface area (Å²) in [5.74, 6) is -0.290. The number of nitro benzene ring substituents is 1. The number of hydrogen-bond donors (Lipinski definition) is 0. The molecule has 0 amide bonds. The van der Waals surface area contributed by atoms with Crippen molar-refractivity contribution in [1.82, 2.24) is 0 Å². The summed E-state index contributed by atoms with van der Waals surface area (Å²) in [4.78, 5) is 10.6. The number of nitro groups is 1. The minimum absolute atomic E-state index is 0.0804. The highest BCUT2D eigenvalue weighted by Gasteiger charge is 2.44. The molecule has 0 saturated carbocycles. The van der Waals surface area contributed by atoms with Crippen LogP contribution in [0.3, 0.4) is 0 Å². The zero-order valence-corrected chi connectivity index (χ0v) is 20.1. The van der Waals surface area contributed by atoms with Crippen LogP contribution in [0, 0.1) is 10.1 Å². The molecule has 0 N–H and O–H groups in total. The van der Waals surface area contributed by atoms with E-state index in [1.54, 1.807) is 12.1 Å². The average molecular weight is 497 g/mol. The van der Waals surface area contributed by atoms with Gasteiger partial charge in [0.15, 0.2) is 0 Å². The van der Waals surface area contributed by atoms with Gasteiger partial charge in [0.2, 0.25) is 5.85 Å². The molecule has 5 aromatic carbocycles. The van der Waals surface area contributed by atoms with Crippen LogP contribution in [0.2, 0.25) is 0 Å². The molecular formula is C28H20NO6P. The van der Waals surface area contributed by atoms with Gasteiger partial charge in [-0.2, -0.15) is 0 Å². The molecule has 0 spiro atoms. The Morgan fingerprint density at radius 2 is 1.25 bits per heavy atom. The second kappa shape index (κ2) is 8.48. The molecule has 1 atom stereocenters. The molecule has 1 aliphatic rings. The van der Waals surface area contributed by atoms with Crippen molar-refractivity contribution in [2.45, 2.75) is 5.85 Å². The van der Waals surface area contributed by atoms with Gasteiger partial charge in [0.25, 0.3) is 5.69 Å². The number of benzene rings is 5. The topological polar surface area (TPSA) is 87.9 Å². The van der Waals surface area contributed by atoms with Crippen LogP contribution >= 0.6 is 7.60 Å². The lowest BCUT2D eigenvalue weighted by atomic mass is 9.92. The molecular weight excluding hydrogens is 477 g/mol. The van der Waals surface area contributed by atoms with E-state index in [0.29, 0.717) is 17.1 Å². The molecule has 178 valence electrons.